The first-order chi connectivity index (χ1) is 9.98. The molecule has 0 bridgehead atoms. The first kappa shape index (κ1) is 15.5. The molecule has 0 radical (unpaired) electrons. The van der Waals surface area contributed by atoms with Crippen molar-refractivity contribution in [2.75, 3.05) is 18.9 Å². The lowest BCUT2D eigenvalue weighted by molar-refractivity contribution is 0.373. The molecule has 0 aromatic carbocycles. The van der Waals surface area contributed by atoms with Crippen LogP contribution in [0.5, 0.6) is 11.8 Å². The van der Waals surface area contributed by atoms with E-state index in [0.29, 0.717) is 0 Å². The van der Waals surface area contributed by atoms with Gasteiger partial charge in [0.1, 0.15) is 4.21 Å². The molecule has 0 fully saturated rings. The third-order valence-corrected chi connectivity index (χ3v) is 5.35. The van der Waals surface area contributed by atoms with Crippen molar-refractivity contribution < 1.29 is 17.9 Å². The van der Waals surface area contributed by atoms with Gasteiger partial charge < -0.3 is 15.2 Å². The Bertz CT molecular complexity index is 707. The second-order valence-electron chi connectivity index (χ2n) is 3.81. The number of nitrogens with zero attached hydrogens (tertiary/aromatic N) is 2. The molecular formula is C11H14N4O4S2. The number of sulfonamides is 1. The minimum absolute atomic E-state index is 0.131. The van der Waals surface area contributed by atoms with E-state index >= 15 is 0 Å². The zero-order valence-corrected chi connectivity index (χ0v) is 13.0. The Hall–Kier alpha value is -1.91. The normalized spacial score (nSPS) is 11.2. The molecule has 0 amide bonds. The Kier molecular flexibility index (Phi) is 4.60. The molecule has 2 heterocycles. The predicted molar refractivity (Wildman–Crippen MR) is 78.2 cm³/mol. The zero-order valence-electron chi connectivity index (χ0n) is 11.4. The van der Waals surface area contributed by atoms with Gasteiger partial charge in [0.05, 0.1) is 20.3 Å². The Morgan fingerprint density at radius 1 is 1.24 bits per heavy atom. The number of methoxy groups -OCH3 is 2. The summed E-state index contributed by atoms with van der Waals surface area (Å²) in [5.74, 6) is 0.246. The van der Waals surface area contributed by atoms with Crippen LogP contribution in [0.15, 0.2) is 22.4 Å². The molecule has 2 aromatic rings. The highest BCUT2D eigenvalue weighted by Gasteiger charge is 2.19. The van der Waals surface area contributed by atoms with Crippen LogP contribution in [0.25, 0.3) is 0 Å². The van der Waals surface area contributed by atoms with Crippen molar-refractivity contribution in [2.24, 2.45) is 5.73 Å². The molecule has 0 aliphatic carbocycles. The monoisotopic (exact) mass is 330 g/mol. The molecule has 0 atom stereocenters. The number of hydrogen-bond acceptors (Lipinski definition) is 8. The van der Waals surface area contributed by atoms with Crippen LogP contribution in [-0.4, -0.2) is 32.6 Å². The van der Waals surface area contributed by atoms with Crippen molar-refractivity contribution in [3.63, 3.8) is 0 Å². The van der Waals surface area contributed by atoms with Crippen molar-refractivity contribution in [2.45, 2.75) is 10.8 Å². The lowest BCUT2D eigenvalue weighted by Crippen LogP contribution is -2.14. The summed E-state index contributed by atoms with van der Waals surface area (Å²) in [6.07, 6.45) is 0. The average molecular weight is 330 g/mol. The molecular weight excluding hydrogens is 316 g/mol. The van der Waals surface area contributed by atoms with Gasteiger partial charge in [0, 0.05) is 11.4 Å². The van der Waals surface area contributed by atoms with E-state index in [9.17, 15) is 8.42 Å². The van der Waals surface area contributed by atoms with E-state index in [1.54, 1.807) is 6.07 Å². The molecule has 0 saturated heterocycles. The van der Waals surface area contributed by atoms with Crippen LogP contribution in [0.3, 0.4) is 0 Å². The Morgan fingerprint density at radius 3 is 2.33 bits per heavy atom. The summed E-state index contributed by atoms with van der Waals surface area (Å²) in [7, 11) is -0.957. The Morgan fingerprint density at radius 2 is 1.86 bits per heavy atom. The standard InChI is InChI=1S/C11H14N4O4S2/c1-18-8-5-9(19-2)14-11(13-8)15-21(16,17)10-4-3-7(6-12)20-10/h3-5H,6,12H2,1-2H3,(H,13,14,15). The summed E-state index contributed by atoms with van der Waals surface area (Å²) in [5.41, 5.74) is 5.47. The molecule has 0 saturated carbocycles. The average Bonchev–Trinajstić information content (AvgIpc) is 2.96. The third-order valence-electron chi connectivity index (χ3n) is 2.43. The maximum absolute atomic E-state index is 12.2. The number of hydrogen-bond donors (Lipinski definition) is 2. The van der Waals surface area contributed by atoms with Crippen LogP contribution in [0.4, 0.5) is 5.95 Å². The van der Waals surface area contributed by atoms with Crippen LogP contribution in [-0.2, 0) is 16.6 Å². The van der Waals surface area contributed by atoms with Gasteiger partial charge in [0.15, 0.2) is 0 Å². The number of nitrogens with two attached hydrogens (primary N) is 1. The highest BCUT2D eigenvalue weighted by Crippen LogP contribution is 2.24. The Labute approximate surface area is 126 Å². The number of rotatable bonds is 6. The smallest absolute Gasteiger partial charge is 0.273 e. The van der Waals surface area contributed by atoms with Gasteiger partial charge in [0.25, 0.3) is 10.0 Å². The summed E-state index contributed by atoms with van der Waals surface area (Å²) in [6.45, 7) is 0.281. The molecule has 0 aliphatic heterocycles. The van der Waals surface area contributed by atoms with Crippen molar-refractivity contribution in [3.8, 4) is 11.8 Å². The molecule has 114 valence electrons. The van der Waals surface area contributed by atoms with Crippen LogP contribution in [0.2, 0.25) is 0 Å². The molecule has 3 N–H and O–H groups in total. The van der Waals surface area contributed by atoms with E-state index in [-0.39, 0.29) is 28.5 Å². The molecule has 10 heteroatoms. The van der Waals surface area contributed by atoms with Gasteiger partial charge in [-0.1, -0.05) is 0 Å². The molecule has 0 unspecified atom stereocenters. The highest BCUT2D eigenvalue weighted by molar-refractivity contribution is 7.94. The molecule has 8 nitrogen and oxygen atoms in total. The summed E-state index contributed by atoms with van der Waals surface area (Å²) in [5, 5.41) is 0. The summed E-state index contributed by atoms with van der Waals surface area (Å²) < 4.78 is 36.8. The van der Waals surface area contributed by atoms with E-state index in [2.05, 4.69) is 14.7 Å². The summed E-state index contributed by atoms with van der Waals surface area (Å²) in [6, 6.07) is 4.58. The lowest BCUT2D eigenvalue weighted by atomic mass is 10.5. The van der Waals surface area contributed by atoms with Crippen LogP contribution < -0.4 is 19.9 Å². The van der Waals surface area contributed by atoms with Crippen molar-refractivity contribution in [1.82, 2.24) is 9.97 Å². The first-order valence-corrected chi connectivity index (χ1v) is 8.07. The fourth-order valence-corrected chi connectivity index (χ4v) is 3.62. The van der Waals surface area contributed by atoms with E-state index in [0.717, 1.165) is 16.2 Å². The first-order valence-electron chi connectivity index (χ1n) is 5.77. The van der Waals surface area contributed by atoms with Crippen LogP contribution in [0.1, 0.15) is 4.88 Å². The van der Waals surface area contributed by atoms with E-state index < -0.39 is 10.0 Å². The van der Waals surface area contributed by atoms with Crippen molar-refractivity contribution >= 4 is 27.3 Å². The quantitative estimate of drug-likeness (QED) is 0.805. The summed E-state index contributed by atoms with van der Waals surface area (Å²) in [4.78, 5) is 8.59. The highest BCUT2D eigenvalue weighted by atomic mass is 32.2. The van der Waals surface area contributed by atoms with Gasteiger partial charge in [-0.3, -0.25) is 0 Å². The lowest BCUT2D eigenvalue weighted by Gasteiger charge is -2.08. The topological polar surface area (TPSA) is 116 Å². The molecule has 0 aliphatic rings. The summed E-state index contributed by atoms with van der Waals surface area (Å²) >= 11 is 1.09. The van der Waals surface area contributed by atoms with E-state index in [1.807, 2.05) is 0 Å². The third kappa shape index (κ3) is 3.60. The SMILES string of the molecule is COc1cc(OC)nc(NS(=O)(=O)c2ccc(CN)s2)n1. The van der Waals surface area contributed by atoms with Crippen molar-refractivity contribution in [1.29, 1.82) is 0 Å². The van der Waals surface area contributed by atoms with Gasteiger partial charge in [-0.05, 0) is 12.1 Å². The number of nitrogens with one attached hydrogen (secondary N) is 1. The van der Waals surface area contributed by atoms with Gasteiger partial charge >= 0.3 is 0 Å². The fourth-order valence-electron chi connectivity index (χ4n) is 1.44. The number of thiophene rings is 1. The van der Waals surface area contributed by atoms with Gasteiger partial charge in [0.2, 0.25) is 17.7 Å². The minimum atomic E-state index is -3.78. The largest absolute Gasteiger partial charge is 0.481 e. The molecule has 2 aromatic heterocycles. The zero-order chi connectivity index (χ0) is 15.5. The fraction of sp³-hybridized carbons (Fsp3) is 0.273. The molecule has 0 spiro atoms. The van der Waals surface area contributed by atoms with E-state index in [1.165, 1.54) is 26.4 Å². The predicted octanol–water partition coefficient (Wildman–Crippen LogP) is 0.815. The minimum Gasteiger partial charge on any atom is -0.481 e. The number of anilines is 1. The van der Waals surface area contributed by atoms with E-state index in [4.69, 9.17) is 15.2 Å². The second-order valence-corrected chi connectivity index (χ2v) is 6.88. The molecule has 2 rings (SSSR count). The number of ether oxygens (including phenoxy) is 2. The Balaban J connectivity index is 2.31. The van der Waals surface area contributed by atoms with Crippen LogP contribution >= 0.6 is 11.3 Å². The molecule has 21 heavy (non-hydrogen) atoms. The number of aromatic nitrogens is 2. The second kappa shape index (κ2) is 6.24. The van der Waals surface area contributed by atoms with Crippen LogP contribution in [0, 0.1) is 0 Å². The van der Waals surface area contributed by atoms with Crippen molar-refractivity contribution in [3.05, 3.63) is 23.1 Å². The van der Waals surface area contributed by atoms with Gasteiger partial charge in [-0.25, -0.2) is 13.1 Å². The maximum Gasteiger partial charge on any atom is 0.273 e. The maximum atomic E-state index is 12.2. The van der Waals surface area contributed by atoms with Gasteiger partial charge in [-0.15, -0.1) is 11.3 Å². The van der Waals surface area contributed by atoms with Gasteiger partial charge in [-0.2, -0.15) is 9.97 Å².